The largest absolute Gasteiger partial charge is 0.198 e. The lowest BCUT2D eigenvalue weighted by molar-refractivity contribution is 0.969. The predicted molar refractivity (Wildman–Crippen MR) is 40.9 cm³/mol. The molecule has 0 aromatic rings. The van der Waals surface area contributed by atoms with E-state index >= 15 is 0 Å². The van der Waals surface area contributed by atoms with Crippen LogP contribution in [-0.2, 0) is 0 Å². The first kappa shape index (κ1) is 10.9. The molecule has 0 radical (unpaired) electrons. The maximum Gasteiger partial charge on any atom is 0.0621 e. The molecule has 0 aromatic heterocycles. The number of allylic oxidation sites excluding steroid dienone is 2. The minimum Gasteiger partial charge on any atom is -0.198 e. The van der Waals surface area contributed by atoms with Gasteiger partial charge in [-0.1, -0.05) is 32.2 Å². The normalized spacial score (nSPS) is 5.78. The van der Waals surface area contributed by atoms with Gasteiger partial charge < -0.3 is 0 Å². The van der Waals surface area contributed by atoms with Crippen LogP contribution in [0.15, 0.2) is 25.3 Å². The molecule has 0 bridgehead atoms. The lowest BCUT2D eigenvalue weighted by Gasteiger charge is -1.65. The summed E-state index contributed by atoms with van der Waals surface area (Å²) in [6.07, 6.45) is 4.95. The van der Waals surface area contributed by atoms with Crippen LogP contribution < -0.4 is 0 Å². The van der Waals surface area contributed by atoms with Crippen LogP contribution in [0, 0.1) is 11.3 Å². The van der Waals surface area contributed by atoms with Gasteiger partial charge in [0.15, 0.2) is 0 Å². The number of nitrogens with zero attached hydrogens (tertiary/aromatic N) is 1. The number of hydrogen-bond acceptors (Lipinski definition) is 1. The number of nitriles is 1. The van der Waals surface area contributed by atoms with Crippen LogP contribution in [0.1, 0.15) is 19.8 Å². The summed E-state index contributed by atoms with van der Waals surface area (Å²) in [5.74, 6) is 0. The maximum absolute atomic E-state index is 7.82. The van der Waals surface area contributed by atoms with Crippen molar-refractivity contribution in [3.8, 4) is 6.07 Å². The van der Waals surface area contributed by atoms with Gasteiger partial charge in [0.25, 0.3) is 0 Å². The lowest BCUT2D eigenvalue weighted by Crippen LogP contribution is -1.53. The monoisotopic (exact) mass is 123 g/mol. The van der Waals surface area contributed by atoms with E-state index in [0.717, 1.165) is 6.42 Å². The Labute approximate surface area is 57.3 Å². The van der Waals surface area contributed by atoms with Crippen LogP contribution in [0.2, 0.25) is 0 Å². The molecule has 0 saturated heterocycles. The molecule has 0 spiro atoms. The van der Waals surface area contributed by atoms with Crippen molar-refractivity contribution >= 4 is 0 Å². The van der Waals surface area contributed by atoms with E-state index in [-0.39, 0.29) is 0 Å². The first-order valence-corrected chi connectivity index (χ1v) is 2.93. The second-order valence-electron chi connectivity index (χ2n) is 1.38. The molecule has 0 fully saturated rings. The van der Waals surface area contributed by atoms with Gasteiger partial charge in [0.1, 0.15) is 0 Å². The van der Waals surface area contributed by atoms with E-state index in [4.69, 9.17) is 5.26 Å². The third-order valence-corrected chi connectivity index (χ3v) is 0.528. The maximum atomic E-state index is 7.82. The summed E-state index contributed by atoms with van der Waals surface area (Å²) in [4.78, 5) is 0. The highest BCUT2D eigenvalue weighted by Gasteiger charge is 1.65. The van der Waals surface area contributed by atoms with E-state index in [1.165, 1.54) is 0 Å². The van der Waals surface area contributed by atoms with Crippen molar-refractivity contribution in [2.24, 2.45) is 0 Å². The Morgan fingerprint density at radius 3 is 1.89 bits per heavy atom. The van der Waals surface area contributed by atoms with Crippen LogP contribution >= 0.6 is 0 Å². The topological polar surface area (TPSA) is 23.8 Å². The second-order valence-corrected chi connectivity index (χ2v) is 1.38. The van der Waals surface area contributed by atoms with Gasteiger partial charge in [-0.3, -0.25) is 0 Å². The zero-order valence-electron chi connectivity index (χ0n) is 5.93. The van der Waals surface area contributed by atoms with Gasteiger partial charge in [-0.05, 0) is 6.42 Å². The second kappa shape index (κ2) is 15.8. The first-order valence-electron chi connectivity index (χ1n) is 2.93. The molecule has 0 heterocycles. The number of rotatable bonds is 2. The Morgan fingerprint density at radius 2 is 1.89 bits per heavy atom. The number of hydrogen-bond donors (Lipinski definition) is 0. The quantitative estimate of drug-likeness (QED) is 0.518. The molecule has 1 heteroatoms. The molecule has 0 amide bonds. The standard InChI is InChI=1S/C4H7N.C4H6/c1-2-3-4-5;1-3-4-2/h2-3H2,1H3;3-4H,1-2H2. The van der Waals surface area contributed by atoms with Crippen LogP contribution in [0.25, 0.3) is 0 Å². The summed E-state index contributed by atoms with van der Waals surface area (Å²) in [7, 11) is 0. The highest BCUT2D eigenvalue weighted by molar-refractivity contribution is 4.88. The highest BCUT2D eigenvalue weighted by atomic mass is 14.2. The van der Waals surface area contributed by atoms with Crippen molar-refractivity contribution in [1.82, 2.24) is 0 Å². The molecule has 0 rings (SSSR count). The van der Waals surface area contributed by atoms with Crippen molar-refractivity contribution < 1.29 is 0 Å². The molecule has 0 saturated carbocycles. The van der Waals surface area contributed by atoms with Gasteiger partial charge in [-0.2, -0.15) is 5.26 Å². The molecule has 0 N–H and O–H groups in total. The van der Waals surface area contributed by atoms with Gasteiger partial charge in [-0.25, -0.2) is 0 Å². The Balaban J connectivity index is 0. The summed E-state index contributed by atoms with van der Waals surface area (Å²) in [5.41, 5.74) is 0. The van der Waals surface area contributed by atoms with Crippen LogP contribution in [0.4, 0.5) is 0 Å². The lowest BCUT2D eigenvalue weighted by atomic mass is 10.4. The van der Waals surface area contributed by atoms with Crippen LogP contribution in [0.5, 0.6) is 0 Å². The zero-order valence-corrected chi connectivity index (χ0v) is 5.93. The van der Waals surface area contributed by atoms with Crippen molar-refractivity contribution in [3.63, 3.8) is 0 Å². The van der Waals surface area contributed by atoms with Gasteiger partial charge in [0, 0.05) is 6.42 Å². The van der Waals surface area contributed by atoms with E-state index in [1.807, 2.05) is 13.0 Å². The Bertz CT molecular complexity index is 91.6. The molecule has 0 unspecified atom stereocenters. The minimum absolute atomic E-state index is 0.694. The van der Waals surface area contributed by atoms with Gasteiger partial charge in [0.05, 0.1) is 6.07 Å². The van der Waals surface area contributed by atoms with Gasteiger partial charge >= 0.3 is 0 Å². The molecule has 9 heavy (non-hydrogen) atoms. The van der Waals surface area contributed by atoms with E-state index in [2.05, 4.69) is 13.2 Å². The summed E-state index contributed by atoms with van der Waals surface area (Å²) < 4.78 is 0. The average molecular weight is 123 g/mol. The van der Waals surface area contributed by atoms with E-state index < -0.39 is 0 Å². The summed E-state index contributed by atoms with van der Waals surface area (Å²) >= 11 is 0. The van der Waals surface area contributed by atoms with Crippen LogP contribution in [-0.4, -0.2) is 0 Å². The molecule has 0 aliphatic rings. The average Bonchev–Trinajstić information content (AvgIpc) is 1.91. The minimum atomic E-state index is 0.694. The highest BCUT2D eigenvalue weighted by Crippen LogP contribution is 1.77. The fraction of sp³-hybridized carbons (Fsp3) is 0.375. The Hall–Kier alpha value is -1.03. The molecule has 0 aliphatic heterocycles. The van der Waals surface area contributed by atoms with Crippen molar-refractivity contribution in [2.75, 3.05) is 0 Å². The number of unbranched alkanes of at least 4 members (excludes halogenated alkanes) is 1. The SMILES string of the molecule is C=CC=C.CCCC#N. The Morgan fingerprint density at radius 1 is 1.44 bits per heavy atom. The van der Waals surface area contributed by atoms with Crippen LogP contribution in [0.3, 0.4) is 0 Å². The molecule has 50 valence electrons. The Kier molecular flexibility index (Phi) is 19.0. The third-order valence-electron chi connectivity index (χ3n) is 0.528. The molecule has 0 aromatic carbocycles. The third kappa shape index (κ3) is 44.4. The summed E-state index contributed by atoms with van der Waals surface area (Å²) in [6, 6.07) is 2.02. The van der Waals surface area contributed by atoms with Crippen molar-refractivity contribution in [3.05, 3.63) is 25.3 Å². The fourth-order valence-electron chi connectivity index (χ4n) is 0.112. The van der Waals surface area contributed by atoms with Gasteiger partial charge in [-0.15, -0.1) is 0 Å². The van der Waals surface area contributed by atoms with Gasteiger partial charge in [0.2, 0.25) is 0 Å². The predicted octanol–water partition coefficient (Wildman–Crippen LogP) is 2.67. The van der Waals surface area contributed by atoms with Crippen molar-refractivity contribution in [2.45, 2.75) is 19.8 Å². The van der Waals surface area contributed by atoms with E-state index in [9.17, 15) is 0 Å². The first-order chi connectivity index (χ1) is 4.33. The molecule has 0 aliphatic carbocycles. The zero-order chi connectivity index (χ0) is 7.54. The summed E-state index contributed by atoms with van der Waals surface area (Å²) in [6.45, 7) is 8.71. The molecular weight excluding hydrogens is 110 g/mol. The molecular formula is C8H13N. The smallest absolute Gasteiger partial charge is 0.0621 e. The van der Waals surface area contributed by atoms with Crippen molar-refractivity contribution in [1.29, 1.82) is 5.26 Å². The molecule has 0 atom stereocenters. The van der Waals surface area contributed by atoms with E-state index in [0.29, 0.717) is 6.42 Å². The molecule has 1 nitrogen and oxygen atoms in total. The summed E-state index contributed by atoms with van der Waals surface area (Å²) in [5, 5.41) is 7.82. The van der Waals surface area contributed by atoms with E-state index in [1.54, 1.807) is 12.2 Å². The fourth-order valence-corrected chi connectivity index (χ4v) is 0.112.